The van der Waals surface area contributed by atoms with Crippen LogP contribution in [-0.4, -0.2) is 11.1 Å². The van der Waals surface area contributed by atoms with Crippen LogP contribution >= 0.6 is 0 Å². The number of hydrogen-bond acceptors (Lipinski definition) is 3. The summed E-state index contributed by atoms with van der Waals surface area (Å²) < 4.78 is 18.1. The van der Waals surface area contributed by atoms with Gasteiger partial charge < -0.3 is 4.74 Å². The lowest BCUT2D eigenvalue weighted by atomic mass is 10.2. The van der Waals surface area contributed by atoms with Crippen LogP contribution in [0.4, 0.5) is 14.9 Å². The summed E-state index contributed by atoms with van der Waals surface area (Å²) in [5, 5.41) is 2.37. The number of anilines is 1. The zero-order chi connectivity index (χ0) is 14.4. The molecule has 0 fully saturated rings. The molecule has 0 saturated carbocycles. The molecule has 100 valence electrons. The average molecular weight is 270 g/mol. The number of pyridine rings is 1. The third kappa shape index (κ3) is 3.56. The van der Waals surface area contributed by atoms with E-state index in [4.69, 9.17) is 11.2 Å². The van der Waals surface area contributed by atoms with Crippen LogP contribution in [0.5, 0.6) is 0 Å². The molecule has 1 aromatic heterocycles. The Hall–Kier alpha value is -2.87. The van der Waals surface area contributed by atoms with Gasteiger partial charge in [0.15, 0.2) is 0 Å². The maximum Gasteiger partial charge on any atom is 0.412 e. The molecule has 2 rings (SSSR count). The first kappa shape index (κ1) is 13.6. The van der Waals surface area contributed by atoms with Gasteiger partial charge in [-0.2, -0.15) is 0 Å². The van der Waals surface area contributed by atoms with Gasteiger partial charge >= 0.3 is 6.09 Å². The number of hydrogen-bond donors (Lipinski definition) is 1. The molecular weight excluding hydrogens is 259 g/mol. The number of aromatic nitrogens is 1. The number of nitrogens with one attached hydrogen (secondary N) is 1. The molecule has 0 atom stereocenters. The van der Waals surface area contributed by atoms with Crippen LogP contribution in [0.3, 0.4) is 0 Å². The molecule has 1 heterocycles. The van der Waals surface area contributed by atoms with Crippen LogP contribution in [0.1, 0.15) is 11.3 Å². The highest BCUT2D eigenvalue weighted by Gasteiger charge is 2.09. The Kier molecular flexibility index (Phi) is 4.30. The van der Waals surface area contributed by atoms with Crippen molar-refractivity contribution in [2.75, 3.05) is 5.32 Å². The van der Waals surface area contributed by atoms with Crippen molar-refractivity contribution < 1.29 is 13.9 Å². The summed E-state index contributed by atoms with van der Waals surface area (Å²) in [4.78, 5) is 15.3. The molecule has 0 aliphatic carbocycles. The standard InChI is InChI=1S/C15H11FN2O2/c1-2-13-14(8-12(16)9-17-13)18-15(19)20-10-11-6-4-3-5-7-11/h1,3-9H,10H2,(H,18,19). The van der Waals surface area contributed by atoms with Gasteiger partial charge in [0.1, 0.15) is 18.1 Å². The topological polar surface area (TPSA) is 51.2 Å². The summed E-state index contributed by atoms with van der Waals surface area (Å²) in [6.07, 6.45) is 5.47. The highest BCUT2D eigenvalue weighted by Crippen LogP contribution is 2.14. The Labute approximate surface area is 115 Å². The third-order valence-corrected chi connectivity index (χ3v) is 2.44. The predicted octanol–water partition coefficient (Wildman–Crippen LogP) is 2.95. The molecular formula is C15H11FN2O2. The quantitative estimate of drug-likeness (QED) is 0.872. The molecule has 0 bridgehead atoms. The minimum Gasteiger partial charge on any atom is -0.444 e. The minimum atomic E-state index is -0.724. The molecule has 1 aromatic carbocycles. The molecule has 20 heavy (non-hydrogen) atoms. The number of benzene rings is 1. The lowest BCUT2D eigenvalue weighted by Crippen LogP contribution is -2.15. The normalized spacial score (nSPS) is 9.60. The van der Waals surface area contributed by atoms with E-state index in [0.29, 0.717) is 0 Å². The molecule has 0 spiro atoms. The number of carbonyl (C=O) groups is 1. The molecule has 0 saturated heterocycles. The van der Waals surface area contributed by atoms with Gasteiger partial charge in [-0.1, -0.05) is 30.3 Å². The number of nitrogens with zero attached hydrogens (tertiary/aromatic N) is 1. The predicted molar refractivity (Wildman–Crippen MR) is 72.4 cm³/mol. The first-order valence-electron chi connectivity index (χ1n) is 5.79. The Morgan fingerprint density at radius 1 is 1.40 bits per heavy atom. The second-order valence-electron chi connectivity index (χ2n) is 3.88. The number of halogens is 1. The van der Waals surface area contributed by atoms with Crippen LogP contribution in [0.25, 0.3) is 0 Å². The second kappa shape index (κ2) is 6.34. The van der Waals surface area contributed by atoms with Crippen molar-refractivity contribution in [2.45, 2.75) is 6.61 Å². The fourth-order valence-corrected chi connectivity index (χ4v) is 1.52. The van der Waals surface area contributed by atoms with Gasteiger partial charge in [-0.05, 0) is 11.5 Å². The van der Waals surface area contributed by atoms with Gasteiger partial charge in [0.25, 0.3) is 0 Å². The van der Waals surface area contributed by atoms with Crippen LogP contribution in [0, 0.1) is 18.2 Å². The summed E-state index contributed by atoms with van der Waals surface area (Å²) in [6.45, 7) is 0.112. The zero-order valence-corrected chi connectivity index (χ0v) is 10.5. The van der Waals surface area contributed by atoms with Crippen molar-refractivity contribution in [3.63, 3.8) is 0 Å². The maximum absolute atomic E-state index is 13.1. The van der Waals surface area contributed by atoms with Crippen LogP contribution in [0.15, 0.2) is 42.6 Å². The molecule has 0 radical (unpaired) electrons. The Balaban J connectivity index is 1.98. The van der Waals surface area contributed by atoms with E-state index in [9.17, 15) is 9.18 Å². The van der Waals surface area contributed by atoms with Gasteiger partial charge in [-0.3, -0.25) is 5.32 Å². The van der Waals surface area contributed by atoms with Crippen LogP contribution < -0.4 is 5.32 Å². The molecule has 0 aliphatic rings. The summed E-state index contributed by atoms with van der Waals surface area (Å²) in [5.74, 6) is 1.66. The second-order valence-corrected chi connectivity index (χ2v) is 3.88. The number of rotatable bonds is 3. The van der Waals surface area contributed by atoms with E-state index in [1.807, 2.05) is 30.3 Å². The van der Waals surface area contributed by atoms with Crippen molar-refractivity contribution in [3.8, 4) is 12.3 Å². The summed E-state index contributed by atoms with van der Waals surface area (Å²) in [7, 11) is 0. The summed E-state index contributed by atoms with van der Waals surface area (Å²) in [5.41, 5.74) is 1.09. The van der Waals surface area contributed by atoms with E-state index in [0.717, 1.165) is 17.8 Å². The Bertz CT molecular complexity index is 651. The van der Waals surface area contributed by atoms with Crippen LogP contribution in [0.2, 0.25) is 0 Å². The van der Waals surface area contributed by atoms with Crippen molar-refractivity contribution in [1.82, 2.24) is 4.98 Å². The average Bonchev–Trinajstić information content (AvgIpc) is 2.46. The minimum absolute atomic E-state index is 0.102. The van der Waals surface area contributed by atoms with Gasteiger partial charge in [-0.25, -0.2) is 14.2 Å². The maximum atomic E-state index is 13.1. The SMILES string of the molecule is C#Cc1ncc(F)cc1NC(=O)OCc1ccccc1. The molecule has 4 nitrogen and oxygen atoms in total. The Morgan fingerprint density at radius 3 is 2.85 bits per heavy atom. The summed E-state index contributed by atoms with van der Waals surface area (Å²) >= 11 is 0. The lowest BCUT2D eigenvalue weighted by Gasteiger charge is -2.08. The van der Waals surface area contributed by atoms with E-state index in [1.165, 1.54) is 0 Å². The van der Waals surface area contributed by atoms with Crippen molar-refractivity contribution in [3.05, 3.63) is 59.7 Å². The van der Waals surface area contributed by atoms with E-state index in [1.54, 1.807) is 0 Å². The van der Waals surface area contributed by atoms with Crippen molar-refractivity contribution in [2.24, 2.45) is 0 Å². The number of amides is 1. The molecule has 1 N–H and O–H groups in total. The first-order chi connectivity index (χ1) is 9.69. The van der Waals surface area contributed by atoms with E-state index < -0.39 is 11.9 Å². The fraction of sp³-hybridized carbons (Fsp3) is 0.0667. The highest BCUT2D eigenvalue weighted by atomic mass is 19.1. The van der Waals surface area contributed by atoms with Gasteiger partial charge in [-0.15, -0.1) is 6.42 Å². The monoisotopic (exact) mass is 270 g/mol. The fourth-order valence-electron chi connectivity index (χ4n) is 1.52. The number of carbonyl (C=O) groups excluding carboxylic acids is 1. The molecule has 5 heteroatoms. The largest absolute Gasteiger partial charge is 0.444 e. The van der Waals surface area contributed by atoms with E-state index in [2.05, 4.69) is 16.2 Å². The van der Waals surface area contributed by atoms with Crippen LogP contribution in [-0.2, 0) is 11.3 Å². The molecule has 0 unspecified atom stereocenters. The van der Waals surface area contributed by atoms with E-state index in [-0.39, 0.29) is 18.0 Å². The van der Waals surface area contributed by atoms with Gasteiger partial charge in [0.2, 0.25) is 0 Å². The summed E-state index contributed by atoms with van der Waals surface area (Å²) in [6, 6.07) is 10.3. The van der Waals surface area contributed by atoms with Gasteiger partial charge in [0, 0.05) is 6.07 Å². The number of terminal acetylenes is 1. The first-order valence-corrected chi connectivity index (χ1v) is 5.79. The van der Waals surface area contributed by atoms with Crippen molar-refractivity contribution in [1.29, 1.82) is 0 Å². The molecule has 1 amide bonds. The lowest BCUT2D eigenvalue weighted by molar-refractivity contribution is 0.155. The van der Waals surface area contributed by atoms with Crippen molar-refractivity contribution >= 4 is 11.8 Å². The smallest absolute Gasteiger partial charge is 0.412 e. The molecule has 0 aliphatic heterocycles. The third-order valence-electron chi connectivity index (χ3n) is 2.44. The Morgan fingerprint density at radius 2 is 2.15 bits per heavy atom. The number of ether oxygens (including phenoxy) is 1. The van der Waals surface area contributed by atoms with Gasteiger partial charge in [0.05, 0.1) is 11.9 Å². The molecule has 2 aromatic rings. The highest BCUT2D eigenvalue weighted by molar-refractivity contribution is 5.86. The zero-order valence-electron chi connectivity index (χ0n) is 10.5. The van der Waals surface area contributed by atoms with E-state index >= 15 is 0 Å².